The van der Waals surface area contributed by atoms with Crippen LogP contribution in [0.25, 0.3) is 16.6 Å². The van der Waals surface area contributed by atoms with Gasteiger partial charge in [0.15, 0.2) is 11.5 Å². The third-order valence-electron chi connectivity index (χ3n) is 5.76. The summed E-state index contributed by atoms with van der Waals surface area (Å²) in [6.07, 6.45) is 4.62. The number of hydrogen-bond acceptors (Lipinski definition) is 9. The Labute approximate surface area is 204 Å². The number of fused-ring (bicyclic) bond motifs is 2. The van der Waals surface area contributed by atoms with Gasteiger partial charge in [0, 0.05) is 28.9 Å². The molecule has 2 N–H and O–H groups in total. The van der Waals surface area contributed by atoms with Gasteiger partial charge in [-0.05, 0) is 50.2 Å². The van der Waals surface area contributed by atoms with E-state index in [0.717, 1.165) is 5.69 Å². The van der Waals surface area contributed by atoms with E-state index in [9.17, 15) is 0 Å². The molecule has 36 heavy (non-hydrogen) atoms. The van der Waals surface area contributed by atoms with Crippen molar-refractivity contribution in [3.8, 4) is 11.5 Å². The molecule has 5 aromatic rings. The minimum atomic E-state index is -0.445. The van der Waals surface area contributed by atoms with Crippen LogP contribution in [0.2, 0.25) is 0 Å². The maximum absolute atomic E-state index is 15.4. The van der Waals surface area contributed by atoms with Crippen LogP contribution in [-0.2, 0) is 4.74 Å². The number of aromatic nitrogens is 5. The van der Waals surface area contributed by atoms with Gasteiger partial charge in [-0.1, -0.05) is 0 Å². The fraction of sp³-hybridized carbons (Fsp3) is 0.160. The summed E-state index contributed by atoms with van der Waals surface area (Å²) < 4.78 is 28.5. The molecule has 3 aromatic heterocycles. The first-order valence-electron chi connectivity index (χ1n) is 11.3. The zero-order valence-corrected chi connectivity index (χ0v) is 19.4. The van der Waals surface area contributed by atoms with E-state index in [1.54, 1.807) is 41.9 Å². The average molecular weight is 484 g/mol. The minimum Gasteiger partial charge on any atom is -0.463 e. The second-order valence-electron chi connectivity index (χ2n) is 8.38. The van der Waals surface area contributed by atoms with Crippen molar-refractivity contribution in [2.45, 2.75) is 19.9 Å². The number of nitrogens with zero attached hydrogens (tertiary/aromatic N) is 6. The van der Waals surface area contributed by atoms with E-state index in [-0.39, 0.29) is 11.7 Å². The summed E-state index contributed by atoms with van der Waals surface area (Å²) in [5.41, 5.74) is 2.73. The largest absolute Gasteiger partial charge is 0.463 e. The van der Waals surface area contributed by atoms with Gasteiger partial charge >= 0.3 is 0 Å². The fourth-order valence-corrected chi connectivity index (χ4v) is 3.89. The zero-order chi connectivity index (χ0) is 24.6. The van der Waals surface area contributed by atoms with Crippen LogP contribution >= 0.6 is 0 Å². The molecule has 180 valence electrons. The Hall–Kier alpha value is -4.80. The van der Waals surface area contributed by atoms with Crippen LogP contribution in [0.15, 0.2) is 66.3 Å². The lowest BCUT2D eigenvalue weighted by Crippen LogP contribution is -2.11. The molecule has 6 rings (SSSR count). The lowest BCUT2D eigenvalue weighted by molar-refractivity contribution is 0.322. The normalized spacial score (nSPS) is 15.1. The molecule has 10 nitrogen and oxygen atoms in total. The summed E-state index contributed by atoms with van der Waals surface area (Å²) in [7, 11) is 0. The summed E-state index contributed by atoms with van der Waals surface area (Å²) >= 11 is 0. The molecule has 4 heterocycles. The predicted octanol–water partition coefficient (Wildman–Crippen LogP) is 4.84. The number of rotatable bonds is 5. The van der Waals surface area contributed by atoms with Gasteiger partial charge in [0.1, 0.15) is 36.6 Å². The molecular weight excluding hydrogens is 463 g/mol. The predicted molar refractivity (Wildman–Crippen MR) is 133 cm³/mol. The monoisotopic (exact) mass is 484 g/mol. The molecule has 0 amide bonds. The minimum absolute atomic E-state index is 0.109. The van der Waals surface area contributed by atoms with Crippen molar-refractivity contribution < 1.29 is 13.9 Å². The Morgan fingerprint density at radius 2 is 1.97 bits per heavy atom. The van der Waals surface area contributed by atoms with Gasteiger partial charge in [0.25, 0.3) is 6.02 Å². The Balaban J connectivity index is 1.27. The van der Waals surface area contributed by atoms with Gasteiger partial charge in [0.05, 0.1) is 17.2 Å². The molecule has 1 aliphatic rings. The van der Waals surface area contributed by atoms with Gasteiger partial charge in [-0.15, -0.1) is 0 Å². The van der Waals surface area contributed by atoms with Crippen LogP contribution in [0.3, 0.4) is 0 Å². The van der Waals surface area contributed by atoms with Crippen LogP contribution in [0.5, 0.6) is 11.5 Å². The summed E-state index contributed by atoms with van der Waals surface area (Å²) in [5, 5.41) is 11.0. The van der Waals surface area contributed by atoms with E-state index in [1.807, 2.05) is 25.1 Å². The third kappa shape index (κ3) is 4.11. The molecular formula is C25H21FN8O2. The van der Waals surface area contributed by atoms with E-state index in [2.05, 4.69) is 35.7 Å². The van der Waals surface area contributed by atoms with E-state index in [4.69, 9.17) is 9.47 Å². The topological polar surface area (TPSA) is 111 Å². The SMILES string of the molecule is Cc1c(Oc2ccn3ncnc3c2)ccc(Nc2ncnc3ccc(NC4=NC(C)CO4)cc23)c1F. The van der Waals surface area contributed by atoms with Crippen LogP contribution in [0.1, 0.15) is 12.5 Å². The molecule has 0 aliphatic carbocycles. The van der Waals surface area contributed by atoms with Crippen molar-refractivity contribution in [1.82, 2.24) is 24.6 Å². The lowest BCUT2D eigenvalue weighted by Gasteiger charge is -2.14. The molecule has 0 saturated heterocycles. The van der Waals surface area contributed by atoms with E-state index in [1.165, 1.54) is 12.7 Å². The van der Waals surface area contributed by atoms with E-state index in [0.29, 0.717) is 52.1 Å². The number of nitrogens with one attached hydrogen (secondary N) is 2. The first-order chi connectivity index (χ1) is 17.5. The first-order valence-corrected chi connectivity index (χ1v) is 11.3. The number of pyridine rings is 1. The van der Waals surface area contributed by atoms with Crippen LogP contribution < -0.4 is 15.4 Å². The molecule has 2 aromatic carbocycles. The summed E-state index contributed by atoms with van der Waals surface area (Å²) in [6.45, 7) is 4.18. The number of amidine groups is 1. The fourth-order valence-electron chi connectivity index (χ4n) is 3.89. The highest BCUT2D eigenvalue weighted by Gasteiger charge is 2.16. The van der Waals surface area contributed by atoms with Crippen LogP contribution in [-0.4, -0.2) is 43.2 Å². The number of hydrogen-bond donors (Lipinski definition) is 2. The van der Waals surface area contributed by atoms with Crippen LogP contribution in [0, 0.1) is 12.7 Å². The molecule has 1 unspecified atom stereocenters. The number of anilines is 3. The number of benzene rings is 2. The Bertz CT molecular complexity index is 1630. The van der Waals surface area contributed by atoms with Crippen molar-refractivity contribution in [2.75, 3.05) is 17.2 Å². The summed E-state index contributed by atoms with van der Waals surface area (Å²) in [6, 6.07) is 13.0. The van der Waals surface area contributed by atoms with Gasteiger partial charge in [-0.2, -0.15) is 5.10 Å². The molecule has 0 bridgehead atoms. The smallest absolute Gasteiger partial charge is 0.289 e. The van der Waals surface area contributed by atoms with Crippen molar-refractivity contribution in [1.29, 1.82) is 0 Å². The second kappa shape index (κ2) is 8.77. The van der Waals surface area contributed by atoms with E-state index >= 15 is 4.39 Å². The Kier molecular flexibility index (Phi) is 5.29. The van der Waals surface area contributed by atoms with Gasteiger partial charge in [-0.25, -0.2) is 28.9 Å². The highest BCUT2D eigenvalue weighted by Crippen LogP contribution is 2.33. The lowest BCUT2D eigenvalue weighted by atomic mass is 10.1. The van der Waals surface area contributed by atoms with Crippen molar-refractivity contribution >= 4 is 39.8 Å². The zero-order valence-electron chi connectivity index (χ0n) is 19.4. The highest BCUT2D eigenvalue weighted by atomic mass is 19.1. The van der Waals surface area contributed by atoms with Gasteiger partial charge < -0.3 is 20.1 Å². The number of ether oxygens (including phenoxy) is 2. The Morgan fingerprint density at radius 3 is 2.83 bits per heavy atom. The van der Waals surface area contributed by atoms with Crippen molar-refractivity contribution in [3.63, 3.8) is 0 Å². The Morgan fingerprint density at radius 1 is 1.06 bits per heavy atom. The summed E-state index contributed by atoms with van der Waals surface area (Å²) in [5.74, 6) is 0.952. The van der Waals surface area contributed by atoms with Gasteiger partial charge in [0.2, 0.25) is 0 Å². The summed E-state index contributed by atoms with van der Waals surface area (Å²) in [4.78, 5) is 17.2. The quantitative estimate of drug-likeness (QED) is 0.365. The highest BCUT2D eigenvalue weighted by molar-refractivity contribution is 5.97. The maximum atomic E-state index is 15.4. The van der Waals surface area contributed by atoms with Crippen molar-refractivity contribution in [2.24, 2.45) is 4.99 Å². The van der Waals surface area contributed by atoms with E-state index < -0.39 is 5.82 Å². The molecule has 1 aliphatic heterocycles. The number of aliphatic imine (C=N–C) groups is 1. The molecule has 0 saturated carbocycles. The van der Waals surface area contributed by atoms with Crippen LogP contribution in [0.4, 0.5) is 21.6 Å². The maximum Gasteiger partial charge on any atom is 0.289 e. The van der Waals surface area contributed by atoms with Crippen molar-refractivity contribution in [3.05, 3.63) is 72.7 Å². The van der Waals surface area contributed by atoms with Gasteiger partial charge in [-0.3, -0.25) is 0 Å². The molecule has 0 fully saturated rings. The number of halogens is 1. The molecule has 0 spiro atoms. The second-order valence-corrected chi connectivity index (χ2v) is 8.38. The molecule has 0 radical (unpaired) electrons. The molecule has 11 heteroatoms. The standard InChI is InChI=1S/C25H21FN8O2/c1-14-11-35-25(31-14)32-16-3-4-19-18(9-16)24(29-12-27-19)33-20-5-6-21(15(2)23(20)26)36-17-7-8-34-22(10-17)28-13-30-34/h3-10,12-14H,11H2,1-2H3,(H,31,32)(H,27,29,33). The molecule has 1 atom stereocenters. The third-order valence-corrected chi connectivity index (χ3v) is 5.76. The first kappa shape index (κ1) is 21.7. The average Bonchev–Trinajstić information content (AvgIpc) is 3.52.